The molecule has 0 bridgehead atoms. The van der Waals surface area contributed by atoms with E-state index in [1.807, 2.05) is 0 Å². The fourth-order valence-electron chi connectivity index (χ4n) is 5.30. The quantitative estimate of drug-likeness (QED) is 0.350. The number of aryl methyl sites for hydroxylation is 1. The van der Waals surface area contributed by atoms with Gasteiger partial charge in [-0.05, 0) is 61.4 Å². The summed E-state index contributed by atoms with van der Waals surface area (Å²) in [6.07, 6.45) is 0. The van der Waals surface area contributed by atoms with E-state index in [-0.39, 0.29) is 41.1 Å². The Morgan fingerprint density at radius 2 is 1.51 bits per heavy atom. The summed E-state index contributed by atoms with van der Waals surface area (Å²) in [7, 11) is 1.70. The minimum absolute atomic E-state index is 0.00620. The van der Waals surface area contributed by atoms with E-state index in [1.165, 1.54) is 24.3 Å². The first-order valence-electron chi connectivity index (χ1n) is 12.2. The van der Waals surface area contributed by atoms with E-state index in [9.17, 15) is 13.6 Å². The Morgan fingerprint density at radius 1 is 0.919 bits per heavy atom. The molecule has 0 unspecified atom stereocenters. The van der Waals surface area contributed by atoms with E-state index in [0.29, 0.717) is 29.8 Å². The molecule has 5 rings (SSSR count). The van der Waals surface area contributed by atoms with E-state index in [4.69, 9.17) is 6.57 Å². The highest BCUT2D eigenvalue weighted by molar-refractivity contribution is 5.89. The molecule has 0 amide bonds. The average molecular weight is 500 g/mol. The van der Waals surface area contributed by atoms with E-state index >= 15 is 0 Å². The Labute approximate surface area is 214 Å². The number of anilines is 1. The first kappa shape index (κ1) is 24.6. The molecule has 1 aliphatic heterocycles. The van der Waals surface area contributed by atoms with Crippen LogP contribution in [0.2, 0.25) is 0 Å². The lowest BCUT2D eigenvalue weighted by atomic mass is 9.93. The molecule has 1 aliphatic rings. The molecule has 0 radical (unpaired) electrons. The predicted molar refractivity (Wildman–Crippen MR) is 141 cm³/mol. The maximum Gasteiger partial charge on any atom is 0.270 e. The van der Waals surface area contributed by atoms with Gasteiger partial charge in [0.15, 0.2) is 0 Å². The number of aromatic nitrogens is 2. The van der Waals surface area contributed by atoms with Crippen molar-refractivity contribution in [2.75, 3.05) is 18.0 Å². The third kappa shape index (κ3) is 4.58. The second-order valence-electron chi connectivity index (χ2n) is 9.63. The summed E-state index contributed by atoms with van der Waals surface area (Å²) in [5, 5.41) is 0. The van der Waals surface area contributed by atoms with Gasteiger partial charge in [0.25, 0.3) is 11.4 Å². The van der Waals surface area contributed by atoms with E-state index in [2.05, 4.69) is 33.5 Å². The van der Waals surface area contributed by atoms with Crippen molar-refractivity contribution in [3.63, 3.8) is 0 Å². The third-order valence-corrected chi connectivity index (χ3v) is 7.22. The topological polar surface area (TPSA) is 45.7 Å². The van der Waals surface area contributed by atoms with Gasteiger partial charge in [-0.3, -0.25) is 9.69 Å². The van der Waals surface area contributed by atoms with Gasteiger partial charge in [-0.15, -0.1) is 4.98 Å². The molecular formula is C29H27F2N5O. The van der Waals surface area contributed by atoms with Crippen molar-refractivity contribution in [1.29, 1.82) is 0 Å². The van der Waals surface area contributed by atoms with Crippen LogP contribution in [0.4, 0.5) is 20.3 Å². The average Bonchev–Trinajstić information content (AvgIpc) is 2.90. The summed E-state index contributed by atoms with van der Waals surface area (Å²) in [6.45, 7) is 12.8. The van der Waals surface area contributed by atoms with Gasteiger partial charge < -0.3 is 14.3 Å². The summed E-state index contributed by atoms with van der Waals surface area (Å²) < 4.78 is 29.0. The number of rotatable bonds is 4. The molecule has 2 aromatic carbocycles. The maximum absolute atomic E-state index is 13.7. The lowest BCUT2D eigenvalue weighted by molar-refractivity contribution is 0.130. The normalized spacial score (nSPS) is 18.4. The Hall–Kier alpha value is -4.09. The summed E-state index contributed by atoms with van der Waals surface area (Å²) >= 11 is 0. The Balaban J connectivity index is 1.55. The summed E-state index contributed by atoms with van der Waals surface area (Å²) in [5.41, 5.74) is 3.70. The highest BCUT2D eigenvalue weighted by Crippen LogP contribution is 2.36. The number of nitrogens with zero attached hydrogens (tertiary/aromatic N) is 5. The lowest BCUT2D eigenvalue weighted by Gasteiger charge is -2.48. The molecule has 1 saturated heterocycles. The van der Waals surface area contributed by atoms with Crippen LogP contribution in [0.25, 0.3) is 15.9 Å². The SMILES string of the molecule is [C-]#[N+]c1ccc2c(n1)c(N1C[C@@H](C)N(C(c3ccc(F)cc3)c3ccc(F)cc3)C[C@H]1C)cc(=O)n2C. The standard InChI is InChI=1S/C29H27F2N5O/c1-18-17-36(29(20-5-9-22(30)10-6-20)21-7-11-23(31)12-8-21)19(2)16-35(18)25-15-27(37)34(4)24-13-14-26(32-3)33-28(24)25/h5-15,18-19,29H,16-17H2,1-2,4H3/t18-,19-/m1/s1. The Morgan fingerprint density at radius 3 is 2.08 bits per heavy atom. The number of hydrogen-bond donors (Lipinski definition) is 0. The fraction of sp³-hybridized carbons (Fsp3) is 0.276. The molecule has 188 valence electrons. The van der Waals surface area contributed by atoms with Crippen LogP contribution < -0.4 is 10.5 Å². The smallest absolute Gasteiger partial charge is 0.270 e. The van der Waals surface area contributed by atoms with Gasteiger partial charge in [0.05, 0.1) is 17.2 Å². The van der Waals surface area contributed by atoms with Gasteiger partial charge in [0.2, 0.25) is 5.52 Å². The monoisotopic (exact) mass is 499 g/mol. The number of piperazine rings is 1. The Bertz CT molecular complexity index is 1500. The van der Waals surface area contributed by atoms with Crippen molar-refractivity contribution in [2.45, 2.75) is 32.0 Å². The summed E-state index contributed by atoms with van der Waals surface area (Å²) in [5.74, 6) is -0.340. The van der Waals surface area contributed by atoms with Crippen molar-refractivity contribution in [2.24, 2.45) is 7.05 Å². The summed E-state index contributed by atoms with van der Waals surface area (Å²) in [4.78, 5) is 25.4. The second-order valence-corrected chi connectivity index (χ2v) is 9.63. The molecule has 2 aromatic heterocycles. The van der Waals surface area contributed by atoms with Crippen molar-refractivity contribution >= 4 is 22.5 Å². The van der Waals surface area contributed by atoms with Crippen LogP contribution in [0.3, 0.4) is 0 Å². The van der Waals surface area contributed by atoms with Crippen LogP contribution >= 0.6 is 0 Å². The van der Waals surface area contributed by atoms with Gasteiger partial charge in [0.1, 0.15) is 11.6 Å². The molecule has 0 spiro atoms. The molecule has 6 nitrogen and oxygen atoms in total. The molecule has 0 N–H and O–H groups in total. The number of halogens is 2. The van der Waals surface area contributed by atoms with Crippen LogP contribution in [0.5, 0.6) is 0 Å². The van der Waals surface area contributed by atoms with Gasteiger partial charge in [-0.2, -0.15) is 0 Å². The van der Waals surface area contributed by atoms with Crippen molar-refractivity contribution in [1.82, 2.24) is 14.5 Å². The first-order chi connectivity index (χ1) is 17.8. The van der Waals surface area contributed by atoms with Gasteiger partial charge in [0, 0.05) is 38.3 Å². The molecule has 4 aromatic rings. The van der Waals surface area contributed by atoms with Gasteiger partial charge >= 0.3 is 0 Å². The number of benzene rings is 2. The van der Waals surface area contributed by atoms with Crippen LogP contribution in [0.15, 0.2) is 71.5 Å². The minimum atomic E-state index is -0.309. The fourth-order valence-corrected chi connectivity index (χ4v) is 5.30. The lowest BCUT2D eigenvalue weighted by Crippen LogP contribution is -2.57. The van der Waals surface area contributed by atoms with Crippen LogP contribution in [0, 0.1) is 18.2 Å². The van der Waals surface area contributed by atoms with Crippen LogP contribution in [-0.2, 0) is 7.05 Å². The van der Waals surface area contributed by atoms with E-state index in [0.717, 1.165) is 11.1 Å². The largest absolute Gasteiger partial charge is 0.362 e. The molecule has 0 saturated carbocycles. The van der Waals surface area contributed by atoms with Gasteiger partial charge in [-0.25, -0.2) is 8.78 Å². The second kappa shape index (κ2) is 9.75. The number of hydrogen-bond acceptors (Lipinski definition) is 4. The number of fused-ring (bicyclic) bond motifs is 1. The third-order valence-electron chi connectivity index (χ3n) is 7.22. The zero-order valence-corrected chi connectivity index (χ0v) is 20.9. The van der Waals surface area contributed by atoms with Crippen LogP contribution in [0.1, 0.15) is 31.0 Å². The van der Waals surface area contributed by atoms with E-state index < -0.39 is 0 Å². The maximum atomic E-state index is 13.7. The van der Waals surface area contributed by atoms with Gasteiger partial charge in [-0.1, -0.05) is 30.8 Å². The molecule has 8 heteroatoms. The van der Waals surface area contributed by atoms with Crippen molar-refractivity contribution in [3.05, 3.63) is 111 Å². The Kier molecular flexibility index (Phi) is 6.48. The molecule has 2 atom stereocenters. The molecule has 0 aliphatic carbocycles. The van der Waals surface area contributed by atoms with Crippen molar-refractivity contribution < 1.29 is 8.78 Å². The first-order valence-corrected chi connectivity index (χ1v) is 12.2. The molecule has 37 heavy (non-hydrogen) atoms. The zero-order valence-electron chi connectivity index (χ0n) is 20.9. The highest BCUT2D eigenvalue weighted by atomic mass is 19.1. The zero-order chi connectivity index (χ0) is 26.3. The number of pyridine rings is 2. The van der Waals surface area contributed by atoms with Crippen molar-refractivity contribution in [3.8, 4) is 0 Å². The summed E-state index contributed by atoms with van der Waals surface area (Å²) in [6, 6.07) is 17.7. The highest BCUT2D eigenvalue weighted by Gasteiger charge is 2.36. The molecule has 3 heterocycles. The predicted octanol–water partition coefficient (Wildman–Crippen LogP) is 5.45. The minimum Gasteiger partial charge on any atom is -0.362 e. The molecule has 1 fully saturated rings. The molecular weight excluding hydrogens is 472 g/mol. The van der Waals surface area contributed by atoms with E-state index in [1.54, 1.807) is 54.1 Å². The van der Waals surface area contributed by atoms with Crippen LogP contribution in [-0.4, -0.2) is 39.6 Å².